The summed E-state index contributed by atoms with van der Waals surface area (Å²) >= 11 is 7.45. The van der Waals surface area contributed by atoms with E-state index in [1.807, 2.05) is 0 Å². The molecule has 1 fully saturated rings. The molecule has 0 aliphatic carbocycles. The molecule has 4 nitrogen and oxygen atoms in total. The molecule has 0 atom stereocenters. The van der Waals surface area contributed by atoms with E-state index in [1.165, 1.54) is 12.8 Å². The fraction of sp³-hybridized carbons (Fsp3) is 0.667. The van der Waals surface area contributed by atoms with Crippen LogP contribution in [-0.2, 0) is 0 Å². The fourth-order valence-electron chi connectivity index (χ4n) is 1.57. The van der Waals surface area contributed by atoms with E-state index >= 15 is 0 Å². The van der Waals surface area contributed by atoms with Crippen LogP contribution in [0.3, 0.4) is 0 Å². The molecule has 2 rings (SSSR count). The van der Waals surface area contributed by atoms with Crippen molar-refractivity contribution in [2.75, 3.05) is 23.7 Å². The van der Waals surface area contributed by atoms with Crippen LogP contribution in [-0.4, -0.2) is 33.8 Å². The Balaban J connectivity index is 2.22. The lowest BCUT2D eigenvalue weighted by atomic mass is 10.4. The molecule has 0 N–H and O–H groups in total. The van der Waals surface area contributed by atoms with Crippen molar-refractivity contribution in [1.29, 1.82) is 0 Å². The van der Waals surface area contributed by atoms with Crippen LogP contribution < -0.4 is 4.90 Å². The molecule has 0 aromatic carbocycles. The van der Waals surface area contributed by atoms with Crippen LogP contribution >= 0.6 is 23.4 Å². The second kappa shape index (κ2) is 4.99. The Labute approximate surface area is 98.5 Å². The second-order valence-electron chi connectivity index (χ2n) is 3.31. The minimum Gasteiger partial charge on any atom is -0.341 e. The van der Waals surface area contributed by atoms with Gasteiger partial charge >= 0.3 is 0 Å². The van der Waals surface area contributed by atoms with E-state index in [0.29, 0.717) is 5.28 Å². The van der Waals surface area contributed by atoms with Crippen molar-refractivity contribution in [3.63, 3.8) is 0 Å². The topological polar surface area (TPSA) is 41.9 Å². The maximum atomic E-state index is 5.86. The average Bonchev–Trinajstić information content (AvgIpc) is 2.70. The minimum atomic E-state index is 0.294. The molecule has 82 valence electrons. The highest BCUT2D eigenvalue weighted by Crippen LogP contribution is 2.20. The highest BCUT2D eigenvalue weighted by Gasteiger charge is 2.16. The molecule has 2 heterocycles. The van der Waals surface area contributed by atoms with Crippen LogP contribution in [0.2, 0.25) is 5.28 Å². The van der Waals surface area contributed by atoms with Crippen LogP contribution in [0.1, 0.15) is 19.8 Å². The third-order valence-corrected chi connectivity index (χ3v) is 3.14. The van der Waals surface area contributed by atoms with E-state index in [1.54, 1.807) is 11.8 Å². The SMILES string of the molecule is CCSc1nc(Cl)nc(N2CCCC2)n1. The van der Waals surface area contributed by atoms with Crippen molar-refractivity contribution in [3.05, 3.63) is 5.28 Å². The van der Waals surface area contributed by atoms with Gasteiger partial charge in [0.15, 0.2) is 5.16 Å². The molecule has 0 radical (unpaired) electrons. The maximum absolute atomic E-state index is 5.86. The third-order valence-electron chi connectivity index (χ3n) is 2.24. The second-order valence-corrected chi connectivity index (χ2v) is 4.88. The van der Waals surface area contributed by atoms with Crippen molar-refractivity contribution in [3.8, 4) is 0 Å². The van der Waals surface area contributed by atoms with Crippen molar-refractivity contribution in [1.82, 2.24) is 15.0 Å². The van der Waals surface area contributed by atoms with Gasteiger partial charge in [0.25, 0.3) is 0 Å². The number of hydrogen-bond donors (Lipinski definition) is 0. The van der Waals surface area contributed by atoms with Crippen LogP contribution in [0.15, 0.2) is 5.16 Å². The molecule has 15 heavy (non-hydrogen) atoms. The van der Waals surface area contributed by atoms with Gasteiger partial charge in [-0.15, -0.1) is 0 Å². The lowest BCUT2D eigenvalue weighted by Crippen LogP contribution is -2.21. The van der Waals surface area contributed by atoms with Gasteiger partial charge in [0.05, 0.1) is 0 Å². The number of halogens is 1. The van der Waals surface area contributed by atoms with Gasteiger partial charge in [-0.05, 0) is 30.2 Å². The van der Waals surface area contributed by atoms with Crippen LogP contribution in [0, 0.1) is 0 Å². The summed E-state index contributed by atoms with van der Waals surface area (Å²) in [6, 6.07) is 0. The van der Waals surface area contributed by atoms with Crippen molar-refractivity contribution in [2.24, 2.45) is 0 Å². The smallest absolute Gasteiger partial charge is 0.230 e. The molecular weight excluding hydrogens is 232 g/mol. The molecule has 0 saturated carbocycles. The van der Waals surface area contributed by atoms with Gasteiger partial charge in [-0.25, -0.2) is 0 Å². The summed E-state index contributed by atoms with van der Waals surface area (Å²) in [7, 11) is 0. The molecule has 0 bridgehead atoms. The van der Waals surface area contributed by atoms with E-state index in [-0.39, 0.29) is 0 Å². The number of rotatable bonds is 3. The van der Waals surface area contributed by atoms with E-state index in [2.05, 4.69) is 26.8 Å². The first kappa shape index (κ1) is 11.0. The number of aromatic nitrogens is 3. The van der Waals surface area contributed by atoms with Gasteiger partial charge < -0.3 is 4.90 Å². The van der Waals surface area contributed by atoms with Gasteiger partial charge in [-0.3, -0.25) is 0 Å². The first-order chi connectivity index (χ1) is 7.29. The van der Waals surface area contributed by atoms with Crippen molar-refractivity contribution < 1.29 is 0 Å². The largest absolute Gasteiger partial charge is 0.341 e. The maximum Gasteiger partial charge on any atom is 0.230 e. The highest BCUT2D eigenvalue weighted by molar-refractivity contribution is 7.99. The summed E-state index contributed by atoms with van der Waals surface area (Å²) in [5, 5.41) is 1.02. The number of hydrogen-bond acceptors (Lipinski definition) is 5. The molecular formula is C9H13ClN4S. The summed E-state index contributed by atoms with van der Waals surface area (Å²) in [4.78, 5) is 14.8. The number of nitrogens with zero attached hydrogens (tertiary/aromatic N) is 4. The zero-order chi connectivity index (χ0) is 10.7. The van der Waals surface area contributed by atoms with E-state index in [4.69, 9.17) is 11.6 Å². The average molecular weight is 245 g/mol. The number of thioether (sulfide) groups is 1. The lowest BCUT2D eigenvalue weighted by molar-refractivity contribution is 0.826. The van der Waals surface area contributed by atoms with Gasteiger partial charge in [-0.1, -0.05) is 18.7 Å². The number of anilines is 1. The first-order valence-corrected chi connectivity index (χ1v) is 6.45. The molecule has 1 aliphatic heterocycles. The molecule has 1 aliphatic rings. The molecule has 0 unspecified atom stereocenters. The highest BCUT2D eigenvalue weighted by atomic mass is 35.5. The Morgan fingerprint density at radius 3 is 2.67 bits per heavy atom. The van der Waals surface area contributed by atoms with Gasteiger partial charge in [-0.2, -0.15) is 15.0 Å². The fourth-order valence-corrected chi connectivity index (χ4v) is 2.34. The standard InChI is InChI=1S/C9H13ClN4S/c1-2-15-9-12-7(10)11-8(13-9)14-5-3-4-6-14/h2-6H2,1H3. The van der Waals surface area contributed by atoms with E-state index in [0.717, 1.165) is 29.9 Å². The summed E-state index contributed by atoms with van der Waals surface area (Å²) in [6.45, 7) is 4.12. The summed E-state index contributed by atoms with van der Waals surface area (Å²) in [6.07, 6.45) is 2.42. The molecule has 1 aromatic rings. The van der Waals surface area contributed by atoms with Gasteiger partial charge in [0, 0.05) is 13.1 Å². The molecule has 6 heteroatoms. The Bertz CT molecular complexity index is 341. The first-order valence-electron chi connectivity index (χ1n) is 5.09. The van der Waals surface area contributed by atoms with Crippen molar-refractivity contribution >= 4 is 29.3 Å². The van der Waals surface area contributed by atoms with Gasteiger partial charge in [0.2, 0.25) is 11.2 Å². The van der Waals surface area contributed by atoms with E-state index in [9.17, 15) is 0 Å². The monoisotopic (exact) mass is 244 g/mol. The predicted molar refractivity (Wildman–Crippen MR) is 62.7 cm³/mol. The Hall–Kier alpha value is -0.550. The molecule has 1 saturated heterocycles. The Morgan fingerprint density at radius 2 is 2.00 bits per heavy atom. The Kier molecular flexibility index (Phi) is 3.64. The lowest BCUT2D eigenvalue weighted by Gasteiger charge is -2.14. The van der Waals surface area contributed by atoms with Crippen molar-refractivity contribution in [2.45, 2.75) is 24.9 Å². The van der Waals surface area contributed by atoms with E-state index < -0.39 is 0 Å². The quantitative estimate of drug-likeness (QED) is 0.763. The molecule has 1 aromatic heterocycles. The zero-order valence-corrected chi connectivity index (χ0v) is 10.2. The van der Waals surface area contributed by atoms with Gasteiger partial charge in [0.1, 0.15) is 0 Å². The third kappa shape index (κ3) is 2.72. The Morgan fingerprint density at radius 1 is 1.27 bits per heavy atom. The minimum absolute atomic E-state index is 0.294. The summed E-state index contributed by atoms with van der Waals surface area (Å²) in [5.74, 6) is 1.67. The summed E-state index contributed by atoms with van der Waals surface area (Å²) < 4.78 is 0. The summed E-state index contributed by atoms with van der Waals surface area (Å²) in [5.41, 5.74) is 0. The van der Waals surface area contributed by atoms with Crippen LogP contribution in [0.25, 0.3) is 0 Å². The molecule has 0 amide bonds. The zero-order valence-electron chi connectivity index (χ0n) is 8.61. The van der Waals surface area contributed by atoms with Crippen LogP contribution in [0.5, 0.6) is 0 Å². The molecule has 0 spiro atoms. The predicted octanol–water partition coefficient (Wildman–Crippen LogP) is 2.24. The normalized spacial score (nSPS) is 16.0. The van der Waals surface area contributed by atoms with Crippen LogP contribution in [0.4, 0.5) is 5.95 Å².